The van der Waals surface area contributed by atoms with E-state index in [1.165, 1.54) is 5.56 Å². The van der Waals surface area contributed by atoms with Crippen LogP contribution in [0.4, 0.5) is 0 Å². The van der Waals surface area contributed by atoms with Crippen molar-refractivity contribution in [3.8, 4) is 0 Å². The standard InChI is InChI=1S/C15H28N2O3/c1-4-18-10-7-17(8-11-19-5-2)13-14-6-9-20-15(14)12-16-3/h6,9,16H,4-5,7-8,10-13H2,1-3H3. The minimum absolute atomic E-state index is 0.752. The molecular weight excluding hydrogens is 256 g/mol. The molecule has 0 bridgehead atoms. The van der Waals surface area contributed by atoms with Crippen LogP contribution >= 0.6 is 0 Å². The summed E-state index contributed by atoms with van der Waals surface area (Å²) in [5.74, 6) is 1.00. The van der Waals surface area contributed by atoms with E-state index in [1.807, 2.05) is 27.0 Å². The first kappa shape index (κ1) is 17.2. The first-order valence-electron chi connectivity index (χ1n) is 7.39. The van der Waals surface area contributed by atoms with E-state index in [-0.39, 0.29) is 0 Å². The average molecular weight is 284 g/mol. The number of hydrogen-bond acceptors (Lipinski definition) is 5. The van der Waals surface area contributed by atoms with Crippen LogP contribution in [-0.4, -0.2) is 51.5 Å². The fraction of sp³-hybridized carbons (Fsp3) is 0.733. The fourth-order valence-corrected chi connectivity index (χ4v) is 2.01. The molecule has 5 nitrogen and oxygen atoms in total. The lowest BCUT2D eigenvalue weighted by Gasteiger charge is -2.22. The van der Waals surface area contributed by atoms with Gasteiger partial charge in [-0.3, -0.25) is 4.90 Å². The van der Waals surface area contributed by atoms with E-state index >= 15 is 0 Å². The third kappa shape index (κ3) is 6.52. The number of nitrogens with one attached hydrogen (secondary N) is 1. The smallest absolute Gasteiger partial charge is 0.122 e. The van der Waals surface area contributed by atoms with Gasteiger partial charge in [-0.25, -0.2) is 0 Å². The number of nitrogens with zero attached hydrogens (tertiary/aromatic N) is 1. The Hall–Kier alpha value is -0.880. The third-order valence-corrected chi connectivity index (χ3v) is 3.08. The maximum absolute atomic E-state index is 5.51. The Kier molecular flexibility index (Phi) is 9.32. The molecule has 1 aromatic rings. The monoisotopic (exact) mass is 284 g/mol. The van der Waals surface area contributed by atoms with Crippen molar-refractivity contribution in [1.29, 1.82) is 0 Å². The summed E-state index contributed by atoms with van der Waals surface area (Å²) in [5, 5.41) is 3.13. The van der Waals surface area contributed by atoms with E-state index in [9.17, 15) is 0 Å². The molecule has 0 aliphatic carbocycles. The lowest BCUT2D eigenvalue weighted by molar-refractivity contribution is 0.0795. The van der Waals surface area contributed by atoms with Gasteiger partial charge < -0.3 is 19.2 Å². The van der Waals surface area contributed by atoms with Crippen molar-refractivity contribution in [1.82, 2.24) is 10.2 Å². The van der Waals surface area contributed by atoms with Crippen molar-refractivity contribution in [3.05, 3.63) is 23.7 Å². The van der Waals surface area contributed by atoms with E-state index in [2.05, 4.69) is 10.2 Å². The van der Waals surface area contributed by atoms with Gasteiger partial charge in [0.2, 0.25) is 0 Å². The fourth-order valence-electron chi connectivity index (χ4n) is 2.01. The van der Waals surface area contributed by atoms with Crippen LogP contribution in [0.15, 0.2) is 16.7 Å². The Morgan fingerprint density at radius 1 is 1.15 bits per heavy atom. The predicted molar refractivity (Wildman–Crippen MR) is 79.7 cm³/mol. The van der Waals surface area contributed by atoms with Crippen molar-refractivity contribution < 1.29 is 13.9 Å². The molecule has 0 unspecified atom stereocenters. The summed E-state index contributed by atoms with van der Waals surface area (Å²) < 4.78 is 16.4. The predicted octanol–water partition coefficient (Wildman–Crippen LogP) is 1.87. The highest BCUT2D eigenvalue weighted by Crippen LogP contribution is 2.13. The zero-order valence-electron chi connectivity index (χ0n) is 13.0. The highest BCUT2D eigenvalue weighted by molar-refractivity contribution is 5.16. The first-order chi connectivity index (χ1) is 9.81. The maximum Gasteiger partial charge on any atom is 0.122 e. The zero-order chi connectivity index (χ0) is 14.6. The largest absolute Gasteiger partial charge is 0.468 e. The van der Waals surface area contributed by atoms with Crippen molar-refractivity contribution >= 4 is 0 Å². The van der Waals surface area contributed by atoms with Crippen molar-refractivity contribution in [2.45, 2.75) is 26.9 Å². The first-order valence-corrected chi connectivity index (χ1v) is 7.39. The van der Waals surface area contributed by atoms with Crippen LogP contribution in [0.25, 0.3) is 0 Å². The van der Waals surface area contributed by atoms with Gasteiger partial charge in [0.05, 0.1) is 26.0 Å². The van der Waals surface area contributed by atoms with Gasteiger partial charge in [-0.1, -0.05) is 0 Å². The molecular formula is C15H28N2O3. The topological polar surface area (TPSA) is 46.9 Å². The Morgan fingerprint density at radius 3 is 2.35 bits per heavy atom. The number of furan rings is 1. The highest BCUT2D eigenvalue weighted by atomic mass is 16.5. The lowest BCUT2D eigenvalue weighted by atomic mass is 10.2. The van der Waals surface area contributed by atoms with Crippen LogP contribution in [-0.2, 0) is 22.6 Å². The Bertz CT molecular complexity index is 332. The molecule has 0 amide bonds. The molecule has 0 aliphatic heterocycles. The molecule has 0 atom stereocenters. The van der Waals surface area contributed by atoms with Gasteiger partial charge in [-0.2, -0.15) is 0 Å². The molecule has 5 heteroatoms. The highest BCUT2D eigenvalue weighted by Gasteiger charge is 2.11. The summed E-state index contributed by atoms with van der Waals surface area (Å²) >= 11 is 0. The van der Waals surface area contributed by atoms with Gasteiger partial charge >= 0.3 is 0 Å². The van der Waals surface area contributed by atoms with Crippen LogP contribution in [0.1, 0.15) is 25.2 Å². The van der Waals surface area contributed by atoms with Gasteiger partial charge in [0.25, 0.3) is 0 Å². The summed E-state index contributed by atoms with van der Waals surface area (Å²) in [6.45, 7) is 10.5. The van der Waals surface area contributed by atoms with Crippen molar-refractivity contribution in [2.75, 3.05) is 46.6 Å². The zero-order valence-corrected chi connectivity index (χ0v) is 13.0. The third-order valence-electron chi connectivity index (χ3n) is 3.08. The maximum atomic E-state index is 5.51. The Morgan fingerprint density at radius 2 is 1.80 bits per heavy atom. The molecule has 20 heavy (non-hydrogen) atoms. The molecule has 1 N–H and O–H groups in total. The van der Waals surface area contributed by atoms with Gasteiger partial charge in [0.15, 0.2) is 0 Å². The summed E-state index contributed by atoms with van der Waals surface area (Å²) in [4.78, 5) is 2.34. The molecule has 0 radical (unpaired) electrons. The van der Waals surface area contributed by atoms with Gasteiger partial charge in [-0.15, -0.1) is 0 Å². The lowest BCUT2D eigenvalue weighted by Crippen LogP contribution is -2.31. The molecule has 0 saturated heterocycles. The van der Waals surface area contributed by atoms with Crippen molar-refractivity contribution in [3.63, 3.8) is 0 Å². The molecule has 1 aromatic heterocycles. The van der Waals surface area contributed by atoms with Crippen LogP contribution < -0.4 is 5.32 Å². The molecule has 0 aromatic carbocycles. The van der Waals surface area contributed by atoms with Gasteiger partial charge in [0.1, 0.15) is 5.76 Å². The number of ether oxygens (including phenoxy) is 2. The van der Waals surface area contributed by atoms with E-state index < -0.39 is 0 Å². The molecule has 1 rings (SSSR count). The molecule has 116 valence electrons. The summed E-state index contributed by atoms with van der Waals surface area (Å²) in [5.41, 5.74) is 1.23. The van der Waals surface area contributed by atoms with Crippen molar-refractivity contribution in [2.24, 2.45) is 0 Å². The van der Waals surface area contributed by atoms with Crippen LogP contribution in [0.5, 0.6) is 0 Å². The number of rotatable bonds is 12. The molecule has 0 spiro atoms. The second-order valence-electron chi connectivity index (χ2n) is 4.57. The SMILES string of the molecule is CCOCCN(CCOCC)Cc1ccoc1CNC. The van der Waals surface area contributed by atoms with E-state index in [0.717, 1.165) is 58.4 Å². The Labute approximate surface area is 122 Å². The number of hydrogen-bond donors (Lipinski definition) is 1. The summed E-state index contributed by atoms with van der Waals surface area (Å²) in [6, 6.07) is 2.04. The van der Waals surface area contributed by atoms with Crippen LogP contribution in [0, 0.1) is 0 Å². The second-order valence-corrected chi connectivity index (χ2v) is 4.57. The molecule has 0 saturated carbocycles. The van der Waals surface area contributed by atoms with E-state index in [1.54, 1.807) is 6.26 Å². The average Bonchev–Trinajstić information content (AvgIpc) is 2.87. The van der Waals surface area contributed by atoms with Crippen LogP contribution in [0.3, 0.4) is 0 Å². The molecule has 0 aliphatic rings. The van der Waals surface area contributed by atoms with Gasteiger partial charge in [-0.05, 0) is 27.0 Å². The minimum atomic E-state index is 0.752. The second kappa shape index (κ2) is 10.9. The Balaban J connectivity index is 2.50. The summed E-state index contributed by atoms with van der Waals surface area (Å²) in [6.07, 6.45) is 1.76. The minimum Gasteiger partial charge on any atom is -0.468 e. The normalized spacial score (nSPS) is 11.4. The molecule has 1 heterocycles. The van der Waals surface area contributed by atoms with Crippen LogP contribution in [0.2, 0.25) is 0 Å². The van der Waals surface area contributed by atoms with Gasteiger partial charge in [0, 0.05) is 38.4 Å². The van der Waals surface area contributed by atoms with E-state index in [0.29, 0.717) is 0 Å². The quantitative estimate of drug-likeness (QED) is 0.594. The summed E-state index contributed by atoms with van der Waals surface area (Å²) in [7, 11) is 1.92. The van der Waals surface area contributed by atoms with E-state index in [4.69, 9.17) is 13.9 Å². The molecule has 0 fully saturated rings.